The van der Waals surface area contributed by atoms with Crippen molar-refractivity contribution in [1.29, 1.82) is 0 Å². The first-order valence-electron chi connectivity index (χ1n) is 4.81. The van der Waals surface area contributed by atoms with Crippen LogP contribution in [0.1, 0.15) is 21.7 Å². The fourth-order valence-electron chi connectivity index (χ4n) is 1.31. The van der Waals surface area contributed by atoms with Crippen molar-refractivity contribution in [3.05, 3.63) is 43.0 Å². The van der Waals surface area contributed by atoms with E-state index in [2.05, 4.69) is 41.8 Å². The van der Waals surface area contributed by atoms with E-state index in [0.717, 1.165) is 6.20 Å². The quantitative estimate of drug-likeness (QED) is 0.797. The van der Waals surface area contributed by atoms with E-state index in [4.69, 9.17) is 0 Å². The van der Waals surface area contributed by atoms with Crippen LogP contribution in [0.15, 0.2) is 27.4 Å². The molecule has 0 radical (unpaired) electrons. The molecule has 1 N–H and O–H groups in total. The van der Waals surface area contributed by atoms with Gasteiger partial charge in [-0.05, 0) is 37.9 Å². The number of nitrogens with zero attached hydrogens (tertiary/aromatic N) is 2. The van der Waals surface area contributed by atoms with Gasteiger partial charge in [0.2, 0.25) is 0 Å². The molecule has 2 rings (SSSR count). The molecule has 0 saturated heterocycles. The Morgan fingerprint density at radius 3 is 2.42 bits per heavy atom. The Hall–Kier alpha value is -0.510. The van der Waals surface area contributed by atoms with Gasteiger partial charge in [0.1, 0.15) is 6.10 Å². The van der Waals surface area contributed by atoms with Crippen LogP contribution in [0.25, 0.3) is 0 Å². The van der Waals surface area contributed by atoms with Crippen LogP contribution in [-0.2, 0) is 6.18 Å². The van der Waals surface area contributed by atoms with Gasteiger partial charge in [0, 0.05) is 21.3 Å². The van der Waals surface area contributed by atoms with Crippen molar-refractivity contribution in [3.63, 3.8) is 0 Å². The lowest BCUT2D eigenvalue weighted by Crippen LogP contribution is -2.03. The molecule has 2 heterocycles. The Morgan fingerprint density at radius 1 is 1.21 bits per heavy atom. The lowest BCUT2D eigenvalue weighted by atomic mass is 10.2. The first-order chi connectivity index (χ1) is 8.79. The van der Waals surface area contributed by atoms with E-state index in [9.17, 15) is 18.3 Å². The Balaban J connectivity index is 2.34. The van der Waals surface area contributed by atoms with Crippen LogP contribution in [0.5, 0.6) is 0 Å². The topological polar surface area (TPSA) is 46.0 Å². The molecule has 0 aliphatic heterocycles. The van der Waals surface area contributed by atoms with Crippen LogP contribution < -0.4 is 0 Å². The molecule has 0 amide bonds. The Kier molecular flexibility index (Phi) is 4.29. The summed E-state index contributed by atoms with van der Waals surface area (Å²) < 4.78 is 38.5. The van der Waals surface area contributed by atoms with Gasteiger partial charge in [-0.3, -0.25) is 4.98 Å². The van der Waals surface area contributed by atoms with Crippen LogP contribution in [-0.4, -0.2) is 15.1 Å². The third kappa shape index (κ3) is 3.33. The number of thiazole rings is 1. The maximum atomic E-state index is 12.4. The zero-order chi connectivity index (χ0) is 14.2. The van der Waals surface area contributed by atoms with Gasteiger partial charge in [0.25, 0.3) is 0 Å². The van der Waals surface area contributed by atoms with Crippen LogP contribution in [0.2, 0.25) is 0 Å². The normalized spacial score (nSPS) is 13.6. The monoisotopic (exact) mass is 416 g/mol. The molecule has 1 atom stereocenters. The van der Waals surface area contributed by atoms with Gasteiger partial charge in [-0.1, -0.05) is 0 Å². The van der Waals surface area contributed by atoms with Gasteiger partial charge in [0.05, 0.1) is 10.6 Å². The number of halogens is 5. The first kappa shape index (κ1) is 14.9. The molecule has 9 heteroatoms. The maximum Gasteiger partial charge on any atom is 0.443 e. The van der Waals surface area contributed by atoms with Crippen molar-refractivity contribution in [2.75, 3.05) is 0 Å². The zero-order valence-corrected chi connectivity index (χ0v) is 12.9. The third-order valence-corrected chi connectivity index (χ3v) is 4.29. The maximum absolute atomic E-state index is 12.4. The summed E-state index contributed by atoms with van der Waals surface area (Å²) in [6, 6.07) is 1.65. The number of aliphatic hydroxyl groups excluding tert-OH is 1. The summed E-state index contributed by atoms with van der Waals surface area (Å²) in [6.07, 6.45) is -3.30. The Labute approximate surface area is 126 Å². The number of aliphatic hydroxyl groups is 1. The molecule has 0 bridgehead atoms. The van der Waals surface area contributed by atoms with Crippen LogP contribution in [0.4, 0.5) is 13.2 Å². The van der Waals surface area contributed by atoms with Crippen molar-refractivity contribution in [3.8, 4) is 0 Å². The van der Waals surface area contributed by atoms with Crippen LogP contribution in [0, 0.1) is 0 Å². The smallest absolute Gasteiger partial charge is 0.381 e. The summed E-state index contributed by atoms with van der Waals surface area (Å²) in [5.41, 5.74) is 0.237. The Morgan fingerprint density at radius 2 is 1.89 bits per heavy atom. The predicted molar refractivity (Wildman–Crippen MR) is 70.8 cm³/mol. The van der Waals surface area contributed by atoms with Gasteiger partial charge in [0.15, 0.2) is 5.01 Å². The van der Waals surface area contributed by atoms with Crippen molar-refractivity contribution in [2.45, 2.75) is 12.3 Å². The lowest BCUT2D eigenvalue weighted by molar-refractivity contribution is -0.137. The minimum absolute atomic E-state index is 0.0860. The lowest BCUT2D eigenvalue weighted by Gasteiger charge is -2.09. The molecule has 0 spiro atoms. The van der Waals surface area contributed by atoms with E-state index in [-0.39, 0.29) is 10.6 Å². The average Bonchev–Trinajstić information content (AvgIpc) is 2.76. The van der Waals surface area contributed by atoms with Crippen LogP contribution in [0.3, 0.4) is 0 Å². The summed E-state index contributed by atoms with van der Waals surface area (Å²) in [7, 11) is 0. The summed E-state index contributed by atoms with van der Waals surface area (Å²) in [5.74, 6) is 0. The molecular formula is C10H5Br2F3N2OS. The van der Waals surface area contributed by atoms with E-state index in [0.29, 0.717) is 20.3 Å². The van der Waals surface area contributed by atoms with E-state index < -0.39 is 17.3 Å². The fraction of sp³-hybridized carbons (Fsp3) is 0.200. The second-order valence-electron chi connectivity index (χ2n) is 3.49. The molecular weight excluding hydrogens is 413 g/mol. The summed E-state index contributed by atoms with van der Waals surface area (Å²) >= 11 is 6.80. The molecule has 0 aliphatic rings. The summed E-state index contributed by atoms with van der Waals surface area (Å²) in [5, 5.41) is 9.05. The van der Waals surface area contributed by atoms with Crippen molar-refractivity contribution in [2.24, 2.45) is 0 Å². The van der Waals surface area contributed by atoms with Crippen LogP contribution >= 0.6 is 43.2 Å². The van der Waals surface area contributed by atoms with Gasteiger partial charge >= 0.3 is 6.18 Å². The zero-order valence-electron chi connectivity index (χ0n) is 8.95. The highest BCUT2D eigenvalue weighted by atomic mass is 79.9. The molecule has 1 unspecified atom stereocenters. The second kappa shape index (κ2) is 5.47. The number of hydrogen-bond acceptors (Lipinski definition) is 4. The Bertz CT molecular complexity index is 603. The number of rotatable bonds is 2. The average molecular weight is 418 g/mol. The van der Waals surface area contributed by atoms with Gasteiger partial charge in [-0.25, -0.2) is 4.98 Å². The molecule has 2 aromatic rings. The molecule has 0 saturated carbocycles. The highest BCUT2D eigenvalue weighted by Crippen LogP contribution is 2.37. The molecule has 2 aromatic heterocycles. The summed E-state index contributed by atoms with van der Waals surface area (Å²) in [6.45, 7) is 0. The van der Waals surface area contributed by atoms with Gasteiger partial charge in [-0.15, -0.1) is 11.3 Å². The minimum Gasteiger partial charge on any atom is -0.381 e. The molecule has 0 aromatic carbocycles. The highest BCUT2D eigenvalue weighted by molar-refractivity contribution is 9.11. The van der Waals surface area contributed by atoms with E-state index in [1.54, 1.807) is 6.07 Å². The predicted octanol–water partition coefficient (Wildman–Crippen LogP) is 4.16. The van der Waals surface area contributed by atoms with Gasteiger partial charge < -0.3 is 5.11 Å². The van der Waals surface area contributed by atoms with Gasteiger partial charge in [-0.2, -0.15) is 13.2 Å². The molecule has 3 nitrogen and oxygen atoms in total. The highest BCUT2D eigenvalue weighted by Gasteiger charge is 2.35. The second-order valence-corrected chi connectivity index (χ2v) is 6.32. The summed E-state index contributed by atoms with van der Waals surface area (Å²) in [4.78, 5) is 7.33. The van der Waals surface area contributed by atoms with E-state index in [1.165, 1.54) is 6.20 Å². The molecule has 0 aliphatic carbocycles. The first-order valence-corrected chi connectivity index (χ1v) is 7.21. The SMILES string of the molecule is OC(c1cnc(C(F)(F)F)s1)c1ncc(Br)cc1Br. The van der Waals surface area contributed by atoms with Crippen molar-refractivity contribution in [1.82, 2.24) is 9.97 Å². The van der Waals surface area contributed by atoms with E-state index in [1.807, 2.05) is 0 Å². The molecule has 0 fully saturated rings. The molecule has 102 valence electrons. The number of hydrogen-bond donors (Lipinski definition) is 1. The van der Waals surface area contributed by atoms with Crippen molar-refractivity contribution >= 4 is 43.2 Å². The third-order valence-electron chi connectivity index (χ3n) is 2.13. The van der Waals surface area contributed by atoms with E-state index >= 15 is 0 Å². The number of alkyl halides is 3. The standard InChI is InChI=1S/C10H5Br2F3N2OS/c11-4-1-5(12)7(16-2-4)8(18)6-3-17-9(19-6)10(13,14)15/h1-3,8,18H. The fourth-order valence-corrected chi connectivity index (χ4v) is 3.28. The minimum atomic E-state index is -4.51. The number of aromatic nitrogens is 2. The largest absolute Gasteiger partial charge is 0.443 e. The van der Waals surface area contributed by atoms with Crippen molar-refractivity contribution < 1.29 is 18.3 Å². The number of pyridine rings is 1. The molecule has 19 heavy (non-hydrogen) atoms.